The SMILES string of the molecule is CCOC(=O)c1c(C)nn(-c2ccc(C(=O)N3CCC(C(=O)OCC)CC3)cc2)c1C. The number of hydrogen-bond donors (Lipinski definition) is 0. The first kappa shape index (κ1) is 22.5. The second-order valence-electron chi connectivity index (χ2n) is 7.54. The maximum absolute atomic E-state index is 12.9. The normalized spacial score (nSPS) is 14.4. The fraction of sp³-hybridized carbons (Fsp3) is 0.478. The molecule has 31 heavy (non-hydrogen) atoms. The quantitative estimate of drug-likeness (QED) is 0.658. The Kier molecular flexibility index (Phi) is 7.09. The lowest BCUT2D eigenvalue weighted by Crippen LogP contribution is -2.40. The molecule has 0 bridgehead atoms. The average Bonchev–Trinajstić information content (AvgIpc) is 3.07. The zero-order valence-corrected chi connectivity index (χ0v) is 18.5. The fourth-order valence-corrected chi connectivity index (χ4v) is 3.90. The summed E-state index contributed by atoms with van der Waals surface area (Å²) in [6.45, 7) is 8.89. The highest BCUT2D eigenvalue weighted by Crippen LogP contribution is 2.22. The number of hydrogen-bond acceptors (Lipinski definition) is 6. The summed E-state index contributed by atoms with van der Waals surface area (Å²) in [7, 11) is 0. The first-order valence-corrected chi connectivity index (χ1v) is 10.7. The van der Waals surface area contributed by atoms with Crippen LogP contribution >= 0.6 is 0 Å². The highest BCUT2D eigenvalue weighted by Gasteiger charge is 2.28. The second kappa shape index (κ2) is 9.76. The van der Waals surface area contributed by atoms with E-state index < -0.39 is 0 Å². The van der Waals surface area contributed by atoms with Crippen LogP contribution in [0.25, 0.3) is 5.69 Å². The van der Waals surface area contributed by atoms with Gasteiger partial charge >= 0.3 is 11.9 Å². The van der Waals surface area contributed by atoms with Crippen LogP contribution in [0.4, 0.5) is 0 Å². The number of rotatable bonds is 6. The Morgan fingerprint density at radius 1 is 1.00 bits per heavy atom. The van der Waals surface area contributed by atoms with Crippen LogP contribution in [0.2, 0.25) is 0 Å². The van der Waals surface area contributed by atoms with Gasteiger partial charge in [-0.05, 0) is 64.8 Å². The molecular formula is C23H29N3O5. The van der Waals surface area contributed by atoms with E-state index in [1.54, 1.807) is 42.5 Å². The smallest absolute Gasteiger partial charge is 0.341 e. The summed E-state index contributed by atoms with van der Waals surface area (Å²) in [6.07, 6.45) is 1.23. The first-order chi connectivity index (χ1) is 14.9. The molecule has 0 atom stereocenters. The van der Waals surface area contributed by atoms with E-state index in [1.807, 2.05) is 19.1 Å². The molecule has 3 rings (SSSR count). The molecule has 0 N–H and O–H groups in total. The Morgan fingerprint density at radius 3 is 2.19 bits per heavy atom. The molecule has 2 aromatic rings. The zero-order valence-electron chi connectivity index (χ0n) is 18.5. The molecule has 1 aliphatic heterocycles. The minimum atomic E-state index is -0.387. The van der Waals surface area contributed by atoms with Crippen molar-refractivity contribution in [2.45, 2.75) is 40.5 Å². The van der Waals surface area contributed by atoms with Crippen LogP contribution in [-0.4, -0.2) is 58.8 Å². The minimum Gasteiger partial charge on any atom is -0.466 e. The molecule has 0 radical (unpaired) electrons. The van der Waals surface area contributed by atoms with Crippen molar-refractivity contribution in [1.82, 2.24) is 14.7 Å². The van der Waals surface area contributed by atoms with E-state index >= 15 is 0 Å². The highest BCUT2D eigenvalue weighted by molar-refractivity contribution is 5.94. The molecule has 166 valence electrons. The van der Waals surface area contributed by atoms with E-state index in [2.05, 4.69) is 5.10 Å². The lowest BCUT2D eigenvalue weighted by molar-refractivity contribution is -0.149. The molecule has 0 unspecified atom stereocenters. The third kappa shape index (κ3) is 4.78. The topological polar surface area (TPSA) is 90.7 Å². The predicted molar refractivity (Wildman–Crippen MR) is 114 cm³/mol. The Labute approximate surface area is 182 Å². The van der Waals surface area contributed by atoms with Crippen LogP contribution in [-0.2, 0) is 14.3 Å². The van der Waals surface area contributed by atoms with Crippen molar-refractivity contribution in [2.75, 3.05) is 26.3 Å². The summed E-state index contributed by atoms with van der Waals surface area (Å²) in [5.41, 5.74) is 3.09. The third-order valence-corrected chi connectivity index (χ3v) is 5.53. The van der Waals surface area contributed by atoms with Gasteiger partial charge in [-0.2, -0.15) is 5.10 Å². The van der Waals surface area contributed by atoms with E-state index in [4.69, 9.17) is 9.47 Å². The molecular weight excluding hydrogens is 398 g/mol. The van der Waals surface area contributed by atoms with Gasteiger partial charge in [0.05, 0.1) is 36.2 Å². The van der Waals surface area contributed by atoms with E-state index in [-0.39, 0.29) is 23.8 Å². The number of benzene rings is 1. The monoisotopic (exact) mass is 427 g/mol. The Bertz CT molecular complexity index is 956. The number of amides is 1. The van der Waals surface area contributed by atoms with Crippen molar-refractivity contribution in [3.8, 4) is 5.69 Å². The van der Waals surface area contributed by atoms with Crippen LogP contribution in [0, 0.1) is 19.8 Å². The molecule has 2 heterocycles. The number of nitrogens with zero attached hydrogens (tertiary/aromatic N) is 3. The van der Waals surface area contributed by atoms with Gasteiger partial charge in [-0.15, -0.1) is 0 Å². The maximum atomic E-state index is 12.9. The number of piperidine rings is 1. The molecule has 1 aliphatic rings. The van der Waals surface area contributed by atoms with Crippen molar-refractivity contribution in [2.24, 2.45) is 5.92 Å². The lowest BCUT2D eigenvalue weighted by Gasteiger charge is -2.31. The fourth-order valence-electron chi connectivity index (χ4n) is 3.90. The van der Waals surface area contributed by atoms with Gasteiger partial charge < -0.3 is 14.4 Å². The van der Waals surface area contributed by atoms with Gasteiger partial charge in [-0.25, -0.2) is 9.48 Å². The van der Waals surface area contributed by atoms with E-state index in [0.717, 1.165) is 5.69 Å². The van der Waals surface area contributed by atoms with Crippen molar-refractivity contribution < 1.29 is 23.9 Å². The minimum absolute atomic E-state index is 0.0607. The van der Waals surface area contributed by atoms with Crippen LogP contribution in [0.3, 0.4) is 0 Å². The van der Waals surface area contributed by atoms with Crippen molar-refractivity contribution >= 4 is 17.8 Å². The molecule has 8 heteroatoms. The third-order valence-electron chi connectivity index (χ3n) is 5.53. The first-order valence-electron chi connectivity index (χ1n) is 10.7. The Balaban J connectivity index is 1.70. The predicted octanol–water partition coefficient (Wildman–Crippen LogP) is 3.08. The van der Waals surface area contributed by atoms with Gasteiger partial charge in [-0.1, -0.05) is 0 Å². The Morgan fingerprint density at radius 2 is 1.61 bits per heavy atom. The molecule has 0 aliphatic carbocycles. The Hall–Kier alpha value is -3.16. The number of carbonyl (C=O) groups is 3. The molecule has 0 saturated carbocycles. The summed E-state index contributed by atoms with van der Waals surface area (Å²) in [4.78, 5) is 38.7. The summed E-state index contributed by atoms with van der Waals surface area (Å²) in [6, 6.07) is 7.14. The summed E-state index contributed by atoms with van der Waals surface area (Å²) in [5, 5.41) is 4.46. The molecule has 1 amide bonds. The van der Waals surface area contributed by atoms with Gasteiger partial charge in [0, 0.05) is 18.7 Å². The summed E-state index contributed by atoms with van der Waals surface area (Å²) >= 11 is 0. The lowest BCUT2D eigenvalue weighted by atomic mass is 9.96. The van der Waals surface area contributed by atoms with Crippen molar-refractivity contribution in [1.29, 1.82) is 0 Å². The molecule has 8 nitrogen and oxygen atoms in total. The van der Waals surface area contributed by atoms with Crippen LogP contribution < -0.4 is 0 Å². The number of aromatic nitrogens is 2. The van der Waals surface area contributed by atoms with E-state index in [0.29, 0.717) is 61.7 Å². The number of likely N-dealkylation sites (tertiary alicyclic amines) is 1. The number of ether oxygens (including phenoxy) is 2. The van der Waals surface area contributed by atoms with Crippen LogP contribution in [0.5, 0.6) is 0 Å². The number of aryl methyl sites for hydroxylation is 1. The number of carbonyl (C=O) groups excluding carboxylic acids is 3. The molecule has 1 aromatic carbocycles. The second-order valence-corrected chi connectivity index (χ2v) is 7.54. The van der Waals surface area contributed by atoms with Crippen LogP contribution in [0.1, 0.15) is 58.8 Å². The van der Waals surface area contributed by atoms with Crippen molar-refractivity contribution in [3.63, 3.8) is 0 Å². The van der Waals surface area contributed by atoms with Gasteiger partial charge in [0.25, 0.3) is 5.91 Å². The van der Waals surface area contributed by atoms with Gasteiger partial charge in [-0.3, -0.25) is 9.59 Å². The summed E-state index contributed by atoms with van der Waals surface area (Å²) in [5.74, 6) is -0.756. The van der Waals surface area contributed by atoms with Gasteiger partial charge in [0.15, 0.2) is 0 Å². The average molecular weight is 428 g/mol. The van der Waals surface area contributed by atoms with Gasteiger partial charge in [0.2, 0.25) is 0 Å². The van der Waals surface area contributed by atoms with E-state index in [1.165, 1.54) is 0 Å². The van der Waals surface area contributed by atoms with Crippen LogP contribution in [0.15, 0.2) is 24.3 Å². The van der Waals surface area contributed by atoms with Gasteiger partial charge in [0.1, 0.15) is 5.56 Å². The standard InChI is InChI=1S/C23H29N3O5/c1-5-30-22(28)18-11-13-25(14-12-18)21(27)17-7-9-19(10-8-17)26-16(4)20(15(3)24-26)23(29)31-6-2/h7-10,18H,5-6,11-14H2,1-4H3. The largest absolute Gasteiger partial charge is 0.466 e. The number of esters is 2. The zero-order chi connectivity index (χ0) is 22.5. The molecule has 0 spiro atoms. The molecule has 1 saturated heterocycles. The van der Waals surface area contributed by atoms with Crippen molar-refractivity contribution in [3.05, 3.63) is 46.8 Å². The molecule has 1 fully saturated rings. The maximum Gasteiger partial charge on any atom is 0.341 e. The molecule has 1 aromatic heterocycles. The highest BCUT2D eigenvalue weighted by atomic mass is 16.5. The summed E-state index contributed by atoms with van der Waals surface area (Å²) < 4.78 is 11.9. The van der Waals surface area contributed by atoms with E-state index in [9.17, 15) is 14.4 Å².